The van der Waals surface area contributed by atoms with Gasteiger partial charge in [0, 0.05) is 12.1 Å². The molecule has 0 aliphatic rings. The highest BCUT2D eigenvalue weighted by molar-refractivity contribution is 7.89. The second-order valence-corrected chi connectivity index (χ2v) is 4.96. The van der Waals surface area contributed by atoms with Crippen molar-refractivity contribution in [2.75, 3.05) is 6.61 Å². The summed E-state index contributed by atoms with van der Waals surface area (Å²) in [6.07, 6.45) is 0. The molecule has 0 saturated heterocycles. The quantitative estimate of drug-likeness (QED) is 0.824. The van der Waals surface area contributed by atoms with Gasteiger partial charge in [-0.3, -0.25) is 0 Å². The molecule has 0 amide bonds. The van der Waals surface area contributed by atoms with Gasteiger partial charge in [0.05, 0.1) is 6.61 Å². The first-order valence-corrected chi connectivity index (χ1v) is 5.93. The van der Waals surface area contributed by atoms with Gasteiger partial charge in [-0.25, -0.2) is 21.9 Å². The highest BCUT2D eigenvalue weighted by Gasteiger charge is 2.21. The fourth-order valence-electron chi connectivity index (χ4n) is 1.06. The molecular weight excluding hydrogens is 240 g/mol. The second kappa shape index (κ2) is 4.86. The number of sulfonamides is 1. The lowest BCUT2D eigenvalue weighted by atomic mass is 10.3. The summed E-state index contributed by atoms with van der Waals surface area (Å²) in [5.74, 6) is -2.02. The molecule has 90 valence electrons. The van der Waals surface area contributed by atoms with Crippen molar-refractivity contribution in [1.82, 2.24) is 4.72 Å². The minimum absolute atomic E-state index is 0.415. The van der Waals surface area contributed by atoms with E-state index in [2.05, 4.69) is 0 Å². The lowest BCUT2D eigenvalue weighted by Crippen LogP contribution is -2.35. The van der Waals surface area contributed by atoms with Gasteiger partial charge < -0.3 is 5.11 Å². The number of aliphatic hydroxyl groups is 1. The van der Waals surface area contributed by atoms with Crippen LogP contribution in [0.3, 0.4) is 0 Å². The third-order valence-corrected chi connectivity index (χ3v) is 3.44. The van der Waals surface area contributed by atoms with E-state index in [0.29, 0.717) is 6.07 Å². The average molecular weight is 251 g/mol. The van der Waals surface area contributed by atoms with Gasteiger partial charge in [-0.15, -0.1) is 0 Å². The minimum Gasteiger partial charge on any atom is -0.395 e. The molecule has 7 heteroatoms. The van der Waals surface area contributed by atoms with Gasteiger partial charge in [0.25, 0.3) is 0 Å². The smallest absolute Gasteiger partial charge is 0.243 e. The van der Waals surface area contributed by atoms with Gasteiger partial charge in [0.2, 0.25) is 10.0 Å². The first-order valence-electron chi connectivity index (χ1n) is 4.45. The molecule has 4 nitrogen and oxygen atoms in total. The zero-order valence-corrected chi connectivity index (χ0v) is 9.26. The molecule has 0 aliphatic heterocycles. The Hall–Kier alpha value is -1.05. The van der Waals surface area contributed by atoms with Crippen LogP contribution in [0, 0.1) is 11.6 Å². The highest BCUT2D eigenvalue weighted by Crippen LogP contribution is 2.15. The molecule has 0 unspecified atom stereocenters. The number of nitrogens with one attached hydrogen (secondary N) is 1. The first kappa shape index (κ1) is 13.0. The van der Waals surface area contributed by atoms with Crippen molar-refractivity contribution in [3.63, 3.8) is 0 Å². The molecule has 1 aromatic rings. The van der Waals surface area contributed by atoms with Crippen molar-refractivity contribution < 1.29 is 22.3 Å². The lowest BCUT2D eigenvalue weighted by Gasteiger charge is -2.11. The summed E-state index contributed by atoms with van der Waals surface area (Å²) in [6.45, 7) is 1.00. The molecule has 0 aromatic heterocycles. The van der Waals surface area contributed by atoms with Crippen molar-refractivity contribution in [2.24, 2.45) is 0 Å². The molecule has 1 atom stereocenters. The Morgan fingerprint density at radius 2 is 2.06 bits per heavy atom. The third kappa shape index (κ3) is 2.97. The first-order chi connectivity index (χ1) is 7.36. The van der Waals surface area contributed by atoms with Crippen LogP contribution in [0.2, 0.25) is 0 Å². The van der Waals surface area contributed by atoms with Crippen LogP contribution in [0.5, 0.6) is 0 Å². The summed E-state index contributed by atoms with van der Waals surface area (Å²) in [6, 6.07) is 1.42. The Morgan fingerprint density at radius 3 is 2.56 bits per heavy atom. The van der Waals surface area contributed by atoms with Crippen molar-refractivity contribution in [1.29, 1.82) is 0 Å². The normalized spacial score (nSPS) is 13.8. The van der Waals surface area contributed by atoms with E-state index in [9.17, 15) is 17.2 Å². The van der Waals surface area contributed by atoms with Gasteiger partial charge >= 0.3 is 0 Å². The van der Waals surface area contributed by atoms with Gasteiger partial charge in [0.15, 0.2) is 0 Å². The van der Waals surface area contributed by atoms with E-state index in [1.54, 1.807) is 0 Å². The summed E-state index contributed by atoms with van der Waals surface area (Å²) in [5.41, 5.74) is 0. The topological polar surface area (TPSA) is 66.4 Å². The second-order valence-electron chi connectivity index (χ2n) is 3.28. The van der Waals surface area contributed by atoms with E-state index in [-0.39, 0.29) is 0 Å². The van der Waals surface area contributed by atoms with Gasteiger partial charge in [0.1, 0.15) is 16.5 Å². The SMILES string of the molecule is C[C@@H](CO)NS(=O)(=O)c1ccc(F)cc1F. The molecule has 0 radical (unpaired) electrons. The predicted octanol–water partition coefficient (Wildman–Crippen LogP) is 0.624. The van der Waals surface area contributed by atoms with Crippen molar-refractivity contribution in [2.45, 2.75) is 17.9 Å². The minimum atomic E-state index is -4.07. The maximum atomic E-state index is 13.2. The molecule has 0 bridgehead atoms. The molecular formula is C9H11F2NO3S. The van der Waals surface area contributed by atoms with E-state index >= 15 is 0 Å². The maximum absolute atomic E-state index is 13.2. The van der Waals surface area contributed by atoms with Crippen LogP contribution in [0.1, 0.15) is 6.92 Å². The number of aliphatic hydroxyl groups excluding tert-OH is 1. The van der Waals surface area contributed by atoms with Crippen LogP contribution in [0.4, 0.5) is 8.78 Å². The standard InChI is InChI=1S/C9H11F2NO3S/c1-6(5-13)12-16(14,15)9-3-2-7(10)4-8(9)11/h2-4,6,12-13H,5H2,1H3/t6-/m0/s1. The van der Waals surface area contributed by atoms with Crippen molar-refractivity contribution >= 4 is 10.0 Å². The summed E-state index contributed by atoms with van der Waals surface area (Å²) < 4.78 is 50.9. The zero-order chi connectivity index (χ0) is 12.3. The van der Waals surface area contributed by atoms with E-state index in [1.165, 1.54) is 6.92 Å². The third-order valence-electron chi connectivity index (χ3n) is 1.81. The molecule has 0 aliphatic carbocycles. The van der Waals surface area contributed by atoms with E-state index in [1.807, 2.05) is 4.72 Å². The van der Waals surface area contributed by atoms with Crippen LogP contribution in [0.25, 0.3) is 0 Å². The monoisotopic (exact) mass is 251 g/mol. The van der Waals surface area contributed by atoms with E-state index in [4.69, 9.17) is 5.11 Å². The zero-order valence-electron chi connectivity index (χ0n) is 8.44. The molecule has 0 spiro atoms. The Labute approximate surface area is 92.0 Å². The maximum Gasteiger partial charge on any atom is 0.243 e. The Bertz CT molecular complexity index is 476. The average Bonchev–Trinajstić information content (AvgIpc) is 2.16. The molecule has 0 fully saturated rings. The van der Waals surface area contributed by atoms with Crippen LogP contribution >= 0.6 is 0 Å². The largest absolute Gasteiger partial charge is 0.395 e. The number of hydrogen-bond donors (Lipinski definition) is 2. The lowest BCUT2D eigenvalue weighted by molar-refractivity contribution is 0.265. The van der Waals surface area contributed by atoms with E-state index < -0.39 is 39.2 Å². The van der Waals surface area contributed by atoms with Gasteiger partial charge in [-0.05, 0) is 19.1 Å². The number of hydrogen-bond acceptors (Lipinski definition) is 3. The molecule has 2 N–H and O–H groups in total. The Morgan fingerprint density at radius 1 is 1.44 bits per heavy atom. The molecule has 1 rings (SSSR count). The van der Waals surface area contributed by atoms with Crippen molar-refractivity contribution in [3.05, 3.63) is 29.8 Å². The Kier molecular flexibility index (Phi) is 3.95. The number of benzene rings is 1. The van der Waals surface area contributed by atoms with E-state index in [0.717, 1.165) is 12.1 Å². The highest BCUT2D eigenvalue weighted by atomic mass is 32.2. The van der Waals surface area contributed by atoms with Gasteiger partial charge in [-0.2, -0.15) is 0 Å². The molecule has 0 saturated carbocycles. The summed E-state index contributed by atoms with van der Waals surface area (Å²) in [5, 5.41) is 8.68. The van der Waals surface area contributed by atoms with Crippen LogP contribution in [-0.4, -0.2) is 26.2 Å². The summed E-state index contributed by atoms with van der Waals surface area (Å²) >= 11 is 0. The van der Waals surface area contributed by atoms with Crippen molar-refractivity contribution in [3.8, 4) is 0 Å². The fraction of sp³-hybridized carbons (Fsp3) is 0.333. The van der Waals surface area contributed by atoms with Crippen LogP contribution in [0.15, 0.2) is 23.1 Å². The number of halogens is 2. The summed E-state index contributed by atoms with van der Waals surface area (Å²) in [7, 11) is -4.07. The fourth-order valence-corrected chi connectivity index (χ4v) is 2.35. The molecule has 1 aromatic carbocycles. The summed E-state index contributed by atoms with van der Waals surface area (Å²) in [4.78, 5) is -0.644. The number of rotatable bonds is 4. The Balaban J connectivity index is 3.08. The predicted molar refractivity (Wildman–Crippen MR) is 53.2 cm³/mol. The molecule has 16 heavy (non-hydrogen) atoms. The van der Waals surface area contributed by atoms with Gasteiger partial charge in [-0.1, -0.05) is 0 Å². The molecule has 0 heterocycles. The van der Waals surface area contributed by atoms with Crippen LogP contribution < -0.4 is 4.72 Å². The van der Waals surface area contributed by atoms with Crippen LogP contribution in [-0.2, 0) is 10.0 Å².